The third-order valence-corrected chi connectivity index (χ3v) is 3.61. The van der Waals surface area contributed by atoms with Gasteiger partial charge in [0.25, 0.3) is 0 Å². The Morgan fingerprint density at radius 2 is 2.06 bits per heavy atom. The van der Waals surface area contributed by atoms with E-state index in [4.69, 9.17) is 0 Å². The van der Waals surface area contributed by atoms with Gasteiger partial charge in [-0.25, -0.2) is 0 Å². The van der Waals surface area contributed by atoms with Gasteiger partial charge < -0.3 is 10.0 Å². The SMILES string of the molecule is CN1CCC[C@](O)(CN(C)Cc2ccccc2)C1. The summed E-state index contributed by atoms with van der Waals surface area (Å²) < 4.78 is 0. The molecule has 3 heteroatoms. The van der Waals surface area contributed by atoms with E-state index in [2.05, 4.69) is 48.2 Å². The first-order valence-electron chi connectivity index (χ1n) is 6.71. The highest BCUT2D eigenvalue weighted by atomic mass is 16.3. The molecule has 100 valence electrons. The predicted molar refractivity (Wildman–Crippen MR) is 74.5 cm³/mol. The second-order valence-electron chi connectivity index (χ2n) is 5.72. The first-order chi connectivity index (χ1) is 8.57. The lowest BCUT2D eigenvalue weighted by atomic mass is 9.92. The van der Waals surface area contributed by atoms with Crippen molar-refractivity contribution in [1.82, 2.24) is 9.80 Å². The minimum atomic E-state index is -0.545. The van der Waals surface area contributed by atoms with Crippen LogP contribution in [0.4, 0.5) is 0 Å². The van der Waals surface area contributed by atoms with Crippen LogP contribution in [0.25, 0.3) is 0 Å². The minimum absolute atomic E-state index is 0.545. The molecular formula is C15H24N2O. The molecule has 1 aliphatic heterocycles. The van der Waals surface area contributed by atoms with Crippen LogP contribution < -0.4 is 0 Å². The lowest BCUT2D eigenvalue weighted by molar-refractivity contribution is -0.0441. The molecule has 1 aliphatic rings. The van der Waals surface area contributed by atoms with Crippen molar-refractivity contribution in [3.05, 3.63) is 35.9 Å². The van der Waals surface area contributed by atoms with Gasteiger partial charge in [-0.15, -0.1) is 0 Å². The van der Waals surface area contributed by atoms with E-state index in [1.54, 1.807) is 0 Å². The summed E-state index contributed by atoms with van der Waals surface area (Å²) >= 11 is 0. The molecule has 3 nitrogen and oxygen atoms in total. The lowest BCUT2D eigenvalue weighted by Crippen LogP contribution is -2.52. The fourth-order valence-electron chi connectivity index (χ4n) is 2.92. The van der Waals surface area contributed by atoms with Crippen LogP contribution in [0.1, 0.15) is 18.4 Å². The topological polar surface area (TPSA) is 26.7 Å². The quantitative estimate of drug-likeness (QED) is 0.876. The normalized spacial score (nSPS) is 25.6. The van der Waals surface area contributed by atoms with Gasteiger partial charge in [-0.1, -0.05) is 30.3 Å². The standard InChI is InChI=1S/C15H24N2O/c1-16-10-6-9-15(18,12-16)13-17(2)11-14-7-4-3-5-8-14/h3-5,7-8,18H,6,9-13H2,1-2H3/t15-/m1/s1. The van der Waals surface area contributed by atoms with Crippen LogP contribution in [-0.2, 0) is 6.54 Å². The van der Waals surface area contributed by atoms with Crippen LogP contribution in [0.15, 0.2) is 30.3 Å². The van der Waals surface area contributed by atoms with E-state index in [0.717, 1.165) is 39.0 Å². The zero-order valence-corrected chi connectivity index (χ0v) is 11.5. The first-order valence-corrected chi connectivity index (χ1v) is 6.71. The van der Waals surface area contributed by atoms with Crippen molar-refractivity contribution in [2.45, 2.75) is 25.0 Å². The zero-order valence-electron chi connectivity index (χ0n) is 11.5. The molecule has 0 aromatic heterocycles. The molecule has 1 atom stereocenters. The number of piperidine rings is 1. The van der Waals surface area contributed by atoms with Gasteiger partial charge in [0.05, 0.1) is 5.60 Å². The van der Waals surface area contributed by atoms with Crippen molar-refractivity contribution < 1.29 is 5.11 Å². The summed E-state index contributed by atoms with van der Waals surface area (Å²) in [6.45, 7) is 3.52. The van der Waals surface area contributed by atoms with Crippen molar-refractivity contribution >= 4 is 0 Å². The second-order valence-corrected chi connectivity index (χ2v) is 5.72. The third kappa shape index (κ3) is 3.80. The molecule has 0 amide bonds. The highest BCUT2D eigenvalue weighted by Gasteiger charge is 2.32. The summed E-state index contributed by atoms with van der Waals surface area (Å²) in [7, 11) is 4.17. The smallest absolute Gasteiger partial charge is 0.0900 e. The molecular weight excluding hydrogens is 224 g/mol. The molecule has 1 N–H and O–H groups in total. The Bertz CT molecular complexity index is 368. The van der Waals surface area contributed by atoms with Gasteiger partial charge >= 0.3 is 0 Å². The van der Waals surface area contributed by atoms with Gasteiger partial charge in [0, 0.05) is 19.6 Å². The van der Waals surface area contributed by atoms with Gasteiger partial charge in [-0.05, 0) is 39.0 Å². The van der Waals surface area contributed by atoms with E-state index >= 15 is 0 Å². The number of rotatable bonds is 4. The van der Waals surface area contributed by atoms with Crippen LogP contribution in [0.3, 0.4) is 0 Å². The number of nitrogens with zero attached hydrogens (tertiary/aromatic N) is 2. The Hall–Kier alpha value is -0.900. The zero-order chi connectivity index (χ0) is 13.0. The summed E-state index contributed by atoms with van der Waals surface area (Å²) in [5.41, 5.74) is 0.754. The first kappa shape index (κ1) is 13.5. The summed E-state index contributed by atoms with van der Waals surface area (Å²) in [6, 6.07) is 10.4. The van der Waals surface area contributed by atoms with E-state index in [0.29, 0.717) is 0 Å². The fourth-order valence-corrected chi connectivity index (χ4v) is 2.92. The van der Waals surface area contributed by atoms with Crippen LogP contribution >= 0.6 is 0 Å². The molecule has 1 fully saturated rings. The molecule has 2 rings (SSSR count). The van der Waals surface area contributed by atoms with Crippen LogP contribution in [0.2, 0.25) is 0 Å². The van der Waals surface area contributed by atoms with E-state index < -0.39 is 5.60 Å². The fraction of sp³-hybridized carbons (Fsp3) is 0.600. The molecule has 1 saturated heterocycles. The van der Waals surface area contributed by atoms with Crippen molar-refractivity contribution in [1.29, 1.82) is 0 Å². The minimum Gasteiger partial charge on any atom is -0.387 e. The van der Waals surface area contributed by atoms with E-state index in [9.17, 15) is 5.11 Å². The van der Waals surface area contributed by atoms with Crippen molar-refractivity contribution in [2.24, 2.45) is 0 Å². The number of likely N-dealkylation sites (tertiary alicyclic amines) is 1. The van der Waals surface area contributed by atoms with Gasteiger partial charge in [0.15, 0.2) is 0 Å². The third-order valence-electron chi connectivity index (χ3n) is 3.61. The van der Waals surface area contributed by atoms with E-state index in [1.807, 2.05) is 6.07 Å². The maximum atomic E-state index is 10.6. The number of likely N-dealkylation sites (N-methyl/N-ethyl adjacent to an activating group) is 2. The predicted octanol–water partition coefficient (Wildman–Crippen LogP) is 1.58. The maximum absolute atomic E-state index is 10.6. The molecule has 1 heterocycles. The van der Waals surface area contributed by atoms with Crippen LogP contribution in [0, 0.1) is 0 Å². The summed E-state index contributed by atoms with van der Waals surface area (Å²) in [6.07, 6.45) is 2.00. The molecule has 1 aromatic carbocycles. The molecule has 18 heavy (non-hydrogen) atoms. The number of aliphatic hydroxyl groups is 1. The molecule has 0 spiro atoms. The van der Waals surface area contributed by atoms with E-state index in [1.165, 1.54) is 5.56 Å². The van der Waals surface area contributed by atoms with Crippen LogP contribution in [-0.4, -0.2) is 54.2 Å². The molecule has 0 aliphatic carbocycles. The molecule has 0 bridgehead atoms. The molecule has 0 radical (unpaired) electrons. The monoisotopic (exact) mass is 248 g/mol. The maximum Gasteiger partial charge on any atom is 0.0900 e. The highest BCUT2D eigenvalue weighted by molar-refractivity contribution is 5.14. The molecule has 1 aromatic rings. The number of hydrogen-bond donors (Lipinski definition) is 1. The number of β-amino-alcohol motifs (C(OH)–C–C–N with tert-alkyl or cyclic N) is 1. The summed E-state index contributed by atoms with van der Waals surface area (Å²) in [4.78, 5) is 4.44. The average Bonchev–Trinajstić information content (AvgIpc) is 2.28. The van der Waals surface area contributed by atoms with Crippen molar-refractivity contribution in [3.63, 3.8) is 0 Å². The Morgan fingerprint density at radius 3 is 2.72 bits per heavy atom. The average molecular weight is 248 g/mol. The highest BCUT2D eigenvalue weighted by Crippen LogP contribution is 2.21. The van der Waals surface area contributed by atoms with Gasteiger partial charge in [0.1, 0.15) is 0 Å². The summed E-state index contributed by atoms with van der Waals surface area (Å²) in [5.74, 6) is 0. The lowest BCUT2D eigenvalue weighted by Gasteiger charge is -2.39. The largest absolute Gasteiger partial charge is 0.387 e. The van der Waals surface area contributed by atoms with Gasteiger partial charge in [0.2, 0.25) is 0 Å². The number of hydrogen-bond acceptors (Lipinski definition) is 3. The molecule has 0 unspecified atom stereocenters. The number of benzene rings is 1. The Kier molecular flexibility index (Phi) is 4.38. The van der Waals surface area contributed by atoms with Gasteiger partial charge in [-0.2, -0.15) is 0 Å². The Labute approximate surface area is 110 Å². The Balaban J connectivity index is 1.88. The molecule has 0 saturated carbocycles. The van der Waals surface area contributed by atoms with E-state index in [-0.39, 0.29) is 0 Å². The van der Waals surface area contributed by atoms with Crippen LogP contribution in [0.5, 0.6) is 0 Å². The van der Waals surface area contributed by atoms with Crippen molar-refractivity contribution in [2.75, 3.05) is 33.7 Å². The second kappa shape index (κ2) is 5.83. The van der Waals surface area contributed by atoms with Gasteiger partial charge in [-0.3, -0.25) is 4.90 Å². The van der Waals surface area contributed by atoms with Crippen molar-refractivity contribution in [3.8, 4) is 0 Å². The Morgan fingerprint density at radius 1 is 1.33 bits per heavy atom. The summed E-state index contributed by atoms with van der Waals surface area (Å²) in [5, 5.41) is 10.6.